The summed E-state index contributed by atoms with van der Waals surface area (Å²) in [6.45, 7) is 6.98. The van der Waals surface area contributed by atoms with Crippen LogP contribution in [0.2, 0.25) is 0 Å². The fourth-order valence-electron chi connectivity index (χ4n) is 4.06. The SMILES string of the molecule is CCNCC1(CN2CCc3ccccc32)CCCCC1. The number of anilines is 1. The highest BCUT2D eigenvalue weighted by Gasteiger charge is 2.35. The summed E-state index contributed by atoms with van der Waals surface area (Å²) in [5.41, 5.74) is 3.54. The van der Waals surface area contributed by atoms with Gasteiger partial charge in [0.25, 0.3) is 0 Å². The Labute approximate surface area is 123 Å². The molecule has 0 saturated heterocycles. The van der Waals surface area contributed by atoms with Gasteiger partial charge in [0.05, 0.1) is 0 Å². The van der Waals surface area contributed by atoms with E-state index in [1.807, 2.05) is 0 Å². The molecular formula is C18H28N2. The summed E-state index contributed by atoms with van der Waals surface area (Å²) in [6, 6.07) is 8.98. The van der Waals surface area contributed by atoms with Gasteiger partial charge in [-0.3, -0.25) is 0 Å². The monoisotopic (exact) mass is 272 g/mol. The predicted octanol–water partition coefficient (Wildman–Crippen LogP) is 3.61. The lowest BCUT2D eigenvalue weighted by Crippen LogP contribution is -2.45. The first-order valence-electron chi connectivity index (χ1n) is 8.37. The van der Waals surface area contributed by atoms with Crippen molar-refractivity contribution in [3.63, 3.8) is 0 Å². The number of hydrogen-bond acceptors (Lipinski definition) is 2. The van der Waals surface area contributed by atoms with Crippen LogP contribution in [0.1, 0.15) is 44.6 Å². The largest absolute Gasteiger partial charge is 0.370 e. The number of benzene rings is 1. The average molecular weight is 272 g/mol. The number of fused-ring (bicyclic) bond motifs is 1. The van der Waals surface area contributed by atoms with Crippen LogP contribution in [0.15, 0.2) is 24.3 Å². The van der Waals surface area contributed by atoms with Crippen LogP contribution in [0.25, 0.3) is 0 Å². The number of nitrogens with one attached hydrogen (secondary N) is 1. The summed E-state index contributed by atoms with van der Waals surface area (Å²) >= 11 is 0. The molecule has 110 valence electrons. The molecule has 2 aliphatic rings. The Bertz CT molecular complexity index is 435. The summed E-state index contributed by atoms with van der Waals surface area (Å²) in [7, 11) is 0. The van der Waals surface area contributed by atoms with Crippen molar-refractivity contribution in [2.45, 2.75) is 45.4 Å². The zero-order valence-electron chi connectivity index (χ0n) is 12.8. The van der Waals surface area contributed by atoms with E-state index < -0.39 is 0 Å². The van der Waals surface area contributed by atoms with Crippen LogP contribution in [-0.2, 0) is 6.42 Å². The molecule has 1 aliphatic carbocycles. The van der Waals surface area contributed by atoms with E-state index in [0.29, 0.717) is 5.41 Å². The third-order valence-electron chi connectivity index (χ3n) is 5.17. The lowest BCUT2D eigenvalue weighted by molar-refractivity contribution is 0.189. The summed E-state index contributed by atoms with van der Waals surface area (Å²) in [4.78, 5) is 2.65. The van der Waals surface area contributed by atoms with E-state index in [1.165, 1.54) is 63.8 Å². The van der Waals surface area contributed by atoms with Gasteiger partial charge in [0, 0.05) is 30.7 Å². The molecule has 0 bridgehead atoms. The molecular weight excluding hydrogens is 244 g/mol. The zero-order chi connectivity index (χ0) is 13.8. The van der Waals surface area contributed by atoms with Crippen LogP contribution in [0.5, 0.6) is 0 Å². The van der Waals surface area contributed by atoms with Gasteiger partial charge in [-0.05, 0) is 37.4 Å². The highest BCUT2D eigenvalue weighted by Crippen LogP contribution is 2.39. The van der Waals surface area contributed by atoms with Crippen molar-refractivity contribution < 1.29 is 0 Å². The summed E-state index contributed by atoms with van der Waals surface area (Å²) in [6.07, 6.45) is 8.30. The summed E-state index contributed by atoms with van der Waals surface area (Å²) in [5, 5.41) is 3.63. The van der Waals surface area contributed by atoms with Gasteiger partial charge < -0.3 is 10.2 Å². The Morgan fingerprint density at radius 1 is 1.15 bits per heavy atom. The van der Waals surface area contributed by atoms with Crippen molar-refractivity contribution >= 4 is 5.69 Å². The molecule has 1 aromatic rings. The number of hydrogen-bond donors (Lipinski definition) is 1. The van der Waals surface area contributed by atoms with Gasteiger partial charge in [0.1, 0.15) is 0 Å². The van der Waals surface area contributed by atoms with E-state index in [1.54, 1.807) is 5.56 Å². The van der Waals surface area contributed by atoms with Gasteiger partial charge >= 0.3 is 0 Å². The van der Waals surface area contributed by atoms with Gasteiger partial charge in [0.2, 0.25) is 0 Å². The minimum atomic E-state index is 0.506. The van der Waals surface area contributed by atoms with Crippen LogP contribution in [0, 0.1) is 5.41 Å². The molecule has 1 saturated carbocycles. The first kappa shape index (κ1) is 13.9. The van der Waals surface area contributed by atoms with E-state index in [-0.39, 0.29) is 0 Å². The lowest BCUT2D eigenvalue weighted by Gasteiger charge is -2.41. The molecule has 0 spiro atoms. The topological polar surface area (TPSA) is 15.3 Å². The average Bonchev–Trinajstić information content (AvgIpc) is 2.89. The first-order valence-corrected chi connectivity index (χ1v) is 8.37. The number of para-hydroxylation sites is 1. The van der Waals surface area contributed by atoms with Crippen molar-refractivity contribution in [2.24, 2.45) is 5.41 Å². The molecule has 3 rings (SSSR count). The second-order valence-electron chi connectivity index (χ2n) is 6.64. The third kappa shape index (κ3) is 2.85. The Morgan fingerprint density at radius 3 is 2.75 bits per heavy atom. The first-order chi connectivity index (χ1) is 9.83. The van der Waals surface area contributed by atoms with Crippen molar-refractivity contribution in [3.05, 3.63) is 29.8 Å². The molecule has 0 atom stereocenters. The van der Waals surface area contributed by atoms with Gasteiger partial charge in [-0.1, -0.05) is 44.4 Å². The highest BCUT2D eigenvalue weighted by atomic mass is 15.2. The van der Waals surface area contributed by atoms with Gasteiger partial charge in [-0.2, -0.15) is 0 Å². The lowest BCUT2D eigenvalue weighted by atomic mass is 9.73. The quantitative estimate of drug-likeness (QED) is 0.881. The van der Waals surface area contributed by atoms with E-state index in [0.717, 1.165) is 6.54 Å². The predicted molar refractivity (Wildman–Crippen MR) is 86.4 cm³/mol. The van der Waals surface area contributed by atoms with Crippen LogP contribution in [-0.4, -0.2) is 26.2 Å². The molecule has 0 unspecified atom stereocenters. The second kappa shape index (κ2) is 6.17. The van der Waals surface area contributed by atoms with E-state index >= 15 is 0 Å². The highest BCUT2D eigenvalue weighted by molar-refractivity contribution is 5.58. The van der Waals surface area contributed by atoms with Crippen molar-refractivity contribution in [1.29, 1.82) is 0 Å². The summed E-state index contributed by atoms with van der Waals surface area (Å²) in [5.74, 6) is 0. The van der Waals surface area contributed by atoms with Crippen molar-refractivity contribution in [1.82, 2.24) is 5.32 Å². The standard InChI is InChI=1S/C18H28N2/c1-2-19-14-18(11-6-3-7-12-18)15-20-13-10-16-8-4-5-9-17(16)20/h4-5,8-9,19H,2-3,6-7,10-15H2,1H3. The molecule has 1 aromatic carbocycles. The Morgan fingerprint density at radius 2 is 1.95 bits per heavy atom. The molecule has 1 N–H and O–H groups in total. The minimum Gasteiger partial charge on any atom is -0.370 e. The molecule has 1 aliphatic heterocycles. The maximum absolute atomic E-state index is 3.63. The van der Waals surface area contributed by atoms with E-state index in [2.05, 4.69) is 41.4 Å². The fraction of sp³-hybridized carbons (Fsp3) is 0.667. The Kier molecular flexibility index (Phi) is 4.30. The molecule has 20 heavy (non-hydrogen) atoms. The maximum Gasteiger partial charge on any atom is 0.0399 e. The fourth-order valence-corrected chi connectivity index (χ4v) is 4.06. The molecule has 0 aromatic heterocycles. The van der Waals surface area contributed by atoms with Crippen LogP contribution in [0.4, 0.5) is 5.69 Å². The summed E-state index contributed by atoms with van der Waals surface area (Å²) < 4.78 is 0. The maximum atomic E-state index is 3.63. The molecule has 1 fully saturated rings. The minimum absolute atomic E-state index is 0.506. The van der Waals surface area contributed by atoms with E-state index in [4.69, 9.17) is 0 Å². The van der Waals surface area contributed by atoms with Crippen LogP contribution in [0.3, 0.4) is 0 Å². The zero-order valence-corrected chi connectivity index (χ0v) is 12.8. The smallest absolute Gasteiger partial charge is 0.0399 e. The molecule has 2 heteroatoms. The Hall–Kier alpha value is -1.02. The number of nitrogens with zero attached hydrogens (tertiary/aromatic N) is 1. The Balaban J connectivity index is 1.73. The van der Waals surface area contributed by atoms with Gasteiger partial charge in [-0.25, -0.2) is 0 Å². The second-order valence-corrected chi connectivity index (χ2v) is 6.64. The molecule has 2 nitrogen and oxygen atoms in total. The van der Waals surface area contributed by atoms with Crippen molar-refractivity contribution in [3.8, 4) is 0 Å². The van der Waals surface area contributed by atoms with Gasteiger partial charge in [0.15, 0.2) is 0 Å². The number of rotatable bonds is 5. The molecule has 0 radical (unpaired) electrons. The molecule has 1 heterocycles. The normalized spacial score (nSPS) is 20.9. The van der Waals surface area contributed by atoms with Crippen molar-refractivity contribution in [2.75, 3.05) is 31.1 Å². The third-order valence-corrected chi connectivity index (χ3v) is 5.17. The molecule has 0 amide bonds. The van der Waals surface area contributed by atoms with E-state index in [9.17, 15) is 0 Å². The van der Waals surface area contributed by atoms with Crippen LogP contribution < -0.4 is 10.2 Å². The van der Waals surface area contributed by atoms with Gasteiger partial charge in [-0.15, -0.1) is 0 Å². The van der Waals surface area contributed by atoms with Crippen LogP contribution >= 0.6 is 0 Å².